The van der Waals surface area contributed by atoms with E-state index in [4.69, 9.17) is 5.73 Å². The van der Waals surface area contributed by atoms with Gasteiger partial charge in [-0.3, -0.25) is 4.79 Å². The van der Waals surface area contributed by atoms with E-state index in [-0.39, 0.29) is 11.5 Å². The van der Waals surface area contributed by atoms with Gasteiger partial charge in [-0.2, -0.15) is 11.8 Å². The Kier molecular flexibility index (Phi) is 7.33. The summed E-state index contributed by atoms with van der Waals surface area (Å²) in [5.41, 5.74) is 6.16. The third-order valence-electron chi connectivity index (χ3n) is 2.82. The number of rotatable bonds is 8. The quantitative estimate of drug-likeness (QED) is 0.570. The number of carbonyl (C=O) groups excluding carboxylic acids is 1. The fourth-order valence-corrected chi connectivity index (χ4v) is 2.24. The van der Waals surface area contributed by atoms with Crippen molar-refractivity contribution >= 4 is 23.4 Å². The zero-order valence-corrected chi connectivity index (χ0v) is 12.1. The standard InChI is InChI=1S/C14H21FN2OS/c1-19-9-5-3-2-4-8-17-14(18)12-10-11(15)6-7-13(12)16/h6-7,10H,2-5,8-9,16H2,1H3,(H,17,18). The first-order valence-corrected chi connectivity index (χ1v) is 7.86. The number of thioether (sulfide) groups is 1. The minimum absolute atomic E-state index is 0.211. The van der Waals surface area contributed by atoms with Gasteiger partial charge in [-0.05, 0) is 43.0 Å². The van der Waals surface area contributed by atoms with Crippen molar-refractivity contribution in [2.75, 3.05) is 24.3 Å². The second-order valence-corrected chi connectivity index (χ2v) is 5.38. The highest BCUT2D eigenvalue weighted by atomic mass is 32.2. The van der Waals surface area contributed by atoms with Crippen molar-refractivity contribution in [3.05, 3.63) is 29.6 Å². The topological polar surface area (TPSA) is 55.1 Å². The summed E-state index contributed by atoms with van der Waals surface area (Å²) in [7, 11) is 0. The van der Waals surface area contributed by atoms with E-state index in [1.54, 1.807) is 0 Å². The highest BCUT2D eigenvalue weighted by Gasteiger charge is 2.09. The number of halogens is 1. The monoisotopic (exact) mass is 284 g/mol. The smallest absolute Gasteiger partial charge is 0.253 e. The van der Waals surface area contributed by atoms with Gasteiger partial charge in [0.15, 0.2) is 0 Å². The molecule has 0 bridgehead atoms. The molecule has 0 aliphatic heterocycles. The van der Waals surface area contributed by atoms with Crippen LogP contribution < -0.4 is 11.1 Å². The first-order valence-electron chi connectivity index (χ1n) is 6.47. The van der Waals surface area contributed by atoms with E-state index in [1.807, 2.05) is 11.8 Å². The minimum atomic E-state index is -0.448. The van der Waals surface area contributed by atoms with Gasteiger partial charge in [0.25, 0.3) is 5.91 Å². The van der Waals surface area contributed by atoms with Crippen LogP contribution in [0.15, 0.2) is 18.2 Å². The number of nitrogens with two attached hydrogens (primary N) is 1. The first-order chi connectivity index (χ1) is 9.15. The molecular weight excluding hydrogens is 263 g/mol. The number of carbonyl (C=O) groups is 1. The van der Waals surface area contributed by atoms with Crippen LogP contribution in [0, 0.1) is 5.82 Å². The van der Waals surface area contributed by atoms with Crippen LogP contribution in [-0.2, 0) is 0 Å². The Hall–Kier alpha value is -1.23. The van der Waals surface area contributed by atoms with Gasteiger partial charge in [-0.15, -0.1) is 0 Å². The van der Waals surface area contributed by atoms with Crippen molar-refractivity contribution in [2.24, 2.45) is 0 Å². The van der Waals surface area contributed by atoms with E-state index in [0.29, 0.717) is 12.2 Å². The molecule has 0 aliphatic carbocycles. The van der Waals surface area contributed by atoms with Crippen LogP contribution in [0.4, 0.5) is 10.1 Å². The van der Waals surface area contributed by atoms with Gasteiger partial charge in [0.05, 0.1) is 5.56 Å². The normalized spacial score (nSPS) is 10.4. The zero-order chi connectivity index (χ0) is 14.1. The highest BCUT2D eigenvalue weighted by Crippen LogP contribution is 2.13. The summed E-state index contributed by atoms with van der Waals surface area (Å²) < 4.78 is 13.0. The largest absolute Gasteiger partial charge is 0.398 e. The van der Waals surface area contributed by atoms with Crippen LogP contribution in [0.5, 0.6) is 0 Å². The maximum absolute atomic E-state index is 13.0. The maximum atomic E-state index is 13.0. The van der Waals surface area contributed by atoms with Crippen LogP contribution in [0.25, 0.3) is 0 Å². The molecule has 19 heavy (non-hydrogen) atoms. The number of anilines is 1. The summed E-state index contributed by atoms with van der Waals surface area (Å²) in [6, 6.07) is 3.83. The summed E-state index contributed by atoms with van der Waals surface area (Å²) in [6.45, 7) is 0.605. The van der Waals surface area contributed by atoms with E-state index in [9.17, 15) is 9.18 Å². The molecule has 0 aromatic heterocycles. The van der Waals surface area contributed by atoms with Crippen molar-refractivity contribution < 1.29 is 9.18 Å². The molecule has 0 spiro atoms. The number of nitrogens with one attached hydrogen (secondary N) is 1. The Labute approximate surface area is 118 Å². The highest BCUT2D eigenvalue weighted by molar-refractivity contribution is 7.98. The lowest BCUT2D eigenvalue weighted by Crippen LogP contribution is -2.25. The Bertz CT molecular complexity index is 412. The average Bonchev–Trinajstić information content (AvgIpc) is 2.40. The van der Waals surface area contributed by atoms with Gasteiger partial charge in [-0.1, -0.05) is 12.8 Å². The summed E-state index contributed by atoms with van der Waals surface area (Å²) in [6.07, 6.45) is 6.53. The van der Waals surface area contributed by atoms with Crippen molar-refractivity contribution in [2.45, 2.75) is 25.7 Å². The fraction of sp³-hybridized carbons (Fsp3) is 0.500. The molecule has 1 aromatic carbocycles. The van der Waals surface area contributed by atoms with Crippen LogP contribution in [-0.4, -0.2) is 24.5 Å². The van der Waals surface area contributed by atoms with E-state index >= 15 is 0 Å². The predicted molar refractivity (Wildman–Crippen MR) is 80.0 cm³/mol. The Morgan fingerprint density at radius 2 is 2.05 bits per heavy atom. The third-order valence-corrected chi connectivity index (χ3v) is 3.52. The molecule has 106 valence electrons. The predicted octanol–water partition coefficient (Wildman–Crippen LogP) is 3.06. The molecule has 1 amide bonds. The number of nitrogen functional groups attached to an aromatic ring is 1. The number of hydrogen-bond acceptors (Lipinski definition) is 3. The van der Waals surface area contributed by atoms with Crippen LogP contribution in [0.3, 0.4) is 0 Å². The lowest BCUT2D eigenvalue weighted by molar-refractivity contribution is 0.0953. The molecule has 0 radical (unpaired) electrons. The third kappa shape index (κ3) is 5.96. The molecule has 3 nitrogen and oxygen atoms in total. The Balaban J connectivity index is 2.26. The van der Waals surface area contributed by atoms with Crippen LogP contribution >= 0.6 is 11.8 Å². The molecule has 0 saturated heterocycles. The van der Waals surface area contributed by atoms with E-state index in [0.717, 1.165) is 12.8 Å². The first kappa shape index (κ1) is 15.8. The average molecular weight is 284 g/mol. The maximum Gasteiger partial charge on any atom is 0.253 e. The van der Waals surface area contributed by atoms with Gasteiger partial charge in [-0.25, -0.2) is 4.39 Å². The van der Waals surface area contributed by atoms with Gasteiger partial charge in [0.2, 0.25) is 0 Å². The van der Waals surface area contributed by atoms with Gasteiger partial charge in [0.1, 0.15) is 5.82 Å². The Morgan fingerprint density at radius 1 is 1.32 bits per heavy atom. The fourth-order valence-electron chi connectivity index (χ4n) is 1.75. The number of unbranched alkanes of at least 4 members (excludes halogenated alkanes) is 3. The Morgan fingerprint density at radius 3 is 2.79 bits per heavy atom. The van der Waals surface area contributed by atoms with Crippen LogP contribution in [0.2, 0.25) is 0 Å². The number of benzene rings is 1. The molecule has 3 N–H and O–H groups in total. The molecular formula is C14H21FN2OS. The van der Waals surface area contributed by atoms with E-state index in [1.165, 1.54) is 36.8 Å². The second kappa shape index (κ2) is 8.80. The summed E-state index contributed by atoms with van der Waals surface area (Å²) in [5, 5.41) is 2.77. The number of amides is 1. The van der Waals surface area contributed by atoms with E-state index in [2.05, 4.69) is 11.6 Å². The lowest BCUT2D eigenvalue weighted by Gasteiger charge is -2.07. The van der Waals surface area contributed by atoms with Crippen molar-refractivity contribution in [3.63, 3.8) is 0 Å². The molecule has 0 saturated carbocycles. The van der Waals surface area contributed by atoms with Gasteiger partial charge >= 0.3 is 0 Å². The SMILES string of the molecule is CSCCCCCCNC(=O)c1cc(F)ccc1N. The van der Waals surface area contributed by atoms with Gasteiger partial charge < -0.3 is 11.1 Å². The van der Waals surface area contributed by atoms with E-state index < -0.39 is 5.82 Å². The second-order valence-electron chi connectivity index (χ2n) is 4.39. The summed E-state index contributed by atoms with van der Waals surface area (Å²) >= 11 is 1.85. The van der Waals surface area contributed by atoms with Crippen LogP contribution in [0.1, 0.15) is 36.0 Å². The lowest BCUT2D eigenvalue weighted by atomic mass is 10.1. The molecule has 1 rings (SSSR count). The molecule has 0 heterocycles. The molecule has 0 fully saturated rings. The summed E-state index contributed by atoms with van der Waals surface area (Å²) in [4.78, 5) is 11.8. The zero-order valence-electron chi connectivity index (χ0n) is 11.2. The van der Waals surface area contributed by atoms with Crippen molar-refractivity contribution in [1.82, 2.24) is 5.32 Å². The molecule has 5 heteroatoms. The molecule has 0 aliphatic rings. The van der Waals surface area contributed by atoms with Crippen molar-refractivity contribution in [1.29, 1.82) is 0 Å². The summed E-state index contributed by atoms with van der Waals surface area (Å²) in [5.74, 6) is 0.434. The van der Waals surface area contributed by atoms with Crippen molar-refractivity contribution in [3.8, 4) is 0 Å². The molecule has 0 unspecified atom stereocenters. The van der Waals surface area contributed by atoms with Gasteiger partial charge in [0, 0.05) is 12.2 Å². The minimum Gasteiger partial charge on any atom is -0.398 e. The number of hydrogen-bond donors (Lipinski definition) is 2. The molecule has 1 aromatic rings. The molecule has 0 atom stereocenters.